The zero-order chi connectivity index (χ0) is 25.4. The van der Waals surface area contributed by atoms with Gasteiger partial charge >= 0.3 is 0 Å². The van der Waals surface area contributed by atoms with Gasteiger partial charge in [0.1, 0.15) is 5.75 Å². The number of amides is 1. The number of hydrogen-bond donors (Lipinski definition) is 2. The van der Waals surface area contributed by atoms with Gasteiger partial charge in [-0.15, -0.1) is 0 Å². The molecule has 0 aliphatic heterocycles. The quantitative estimate of drug-likeness (QED) is 0.162. The third-order valence-corrected chi connectivity index (χ3v) is 7.68. The van der Waals surface area contributed by atoms with Crippen molar-refractivity contribution in [3.63, 3.8) is 0 Å². The molecule has 1 aliphatic rings. The van der Waals surface area contributed by atoms with E-state index in [0.29, 0.717) is 5.56 Å². The number of aryl methyl sites for hydroxylation is 1. The molecule has 0 unspecified atom stereocenters. The lowest BCUT2D eigenvalue weighted by atomic mass is 9.77. The first kappa shape index (κ1) is 29.4. The first-order valence-corrected chi connectivity index (χ1v) is 14.6. The van der Waals surface area contributed by atoms with Crippen molar-refractivity contribution in [2.24, 2.45) is 0 Å². The van der Waals surface area contributed by atoms with E-state index in [-0.39, 0.29) is 23.9 Å². The van der Waals surface area contributed by atoms with Gasteiger partial charge in [-0.05, 0) is 43.4 Å². The minimum absolute atomic E-state index is 0.0781. The van der Waals surface area contributed by atoms with Crippen LogP contribution in [0.15, 0.2) is 18.2 Å². The first-order chi connectivity index (χ1) is 17.0. The summed E-state index contributed by atoms with van der Waals surface area (Å²) in [4.78, 5) is 24.7. The van der Waals surface area contributed by atoms with Crippen LogP contribution in [0.2, 0.25) is 0 Å². The maximum atomic E-state index is 13.0. The average Bonchev–Trinajstić information content (AvgIpc) is 2.82. The summed E-state index contributed by atoms with van der Waals surface area (Å²) in [7, 11) is 0. The smallest absolute Gasteiger partial charge is 0.217 e. The number of carbonyl (C=O) groups excluding carboxylic acids is 2. The van der Waals surface area contributed by atoms with Crippen LogP contribution in [0.1, 0.15) is 152 Å². The van der Waals surface area contributed by atoms with Crippen LogP contribution in [0, 0.1) is 0 Å². The summed E-state index contributed by atoms with van der Waals surface area (Å²) in [6.45, 7) is 3.79. The van der Waals surface area contributed by atoms with Crippen molar-refractivity contribution < 1.29 is 14.7 Å². The molecule has 0 radical (unpaired) electrons. The molecule has 1 saturated carbocycles. The topological polar surface area (TPSA) is 66.4 Å². The molecule has 0 bridgehead atoms. The monoisotopic (exact) mass is 485 g/mol. The SMILES string of the molecule is CCCCCCCCCCCCCCCc1ccc(C(=O)CC2(NC(C)=O)CCCCC2)c(O)c1. The lowest BCUT2D eigenvalue weighted by molar-refractivity contribution is -0.121. The van der Waals surface area contributed by atoms with Gasteiger partial charge in [0.25, 0.3) is 0 Å². The summed E-state index contributed by atoms with van der Waals surface area (Å²) in [5.74, 6) is -0.0845. The Balaban J connectivity index is 1.65. The third kappa shape index (κ3) is 11.6. The van der Waals surface area contributed by atoms with E-state index in [9.17, 15) is 14.7 Å². The zero-order valence-electron chi connectivity index (χ0n) is 22.6. The number of aromatic hydroxyl groups is 1. The predicted molar refractivity (Wildman–Crippen MR) is 146 cm³/mol. The maximum Gasteiger partial charge on any atom is 0.217 e. The molecule has 2 rings (SSSR count). The highest BCUT2D eigenvalue weighted by Gasteiger charge is 2.35. The molecule has 35 heavy (non-hydrogen) atoms. The Morgan fingerprint density at radius 2 is 1.37 bits per heavy atom. The van der Waals surface area contributed by atoms with E-state index in [1.165, 1.54) is 84.0 Å². The van der Waals surface area contributed by atoms with Gasteiger partial charge in [0, 0.05) is 18.9 Å². The molecule has 1 aromatic rings. The van der Waals surface area contributed by atoms with Gasteiger partial charge in [-0.3, -0.25) is 9.59 Å². The number of ketones is 1. The molecule has 198 valence electrons. The van der Waals surface area contributed by atoms with Crippen molar-refractivity contribution in [1.82, 2.24) is 5.32 Å². The molecule has 2 N–H and O–H groups in total. The molecule has 0 heterocycles. The van der Waals surface area contributed by atoms with Crippen LogP contribution in [0.3, 0.4) is 0 Å². The summed E-state index contributed by atoms with van der Waals surface area (Å²) < 4.78 is 0. The molecule has 1 fully saturated rings. The highest BCUT2D eigenvalue weighted by Crippen LogP contribution is 2.33. The Bertz CT molecular complexity index is 752. The molecule has 0 atom stereocenters. The number of benzene rings is 1. The fourth-order valence-electron chi connectivity index (χ4n) is 5.67. The van der Waals surface area contributed by atoms with E-state index in [2.05, 4.69) is 12.2 Å². The highest BCUT2D eigenvalue weighted by molar-refractivity contribution is 5.99. The number of rotatable bonds is 18. The Hall–Kier alpha value is -1.84. The molecule has 1 amide bonds. The number of carbonyl (C=O) groups is 2. The molecule has 4 heteroatoms. The highest BCUT2D eigenvalue weighted by atomic mass is 16.3. The van der Waals surface area contributed by atoms with Gasteiger partial charge in [0.15, 0.2) is 5.78 Å². The molecular formula is C31H51NO3. The van der Waals surface area contributed by atoms with Crippen molar-refractivity contribution in [2.45, 2.75) is 148 Å². The second kappa shape index (κ2) is 16.8. The van der Waals surface area contributed by atoms with E-state index in [1.54, 1.807) is 12.1 Å². The molecule has 0 aromatic heterocycles. The first-order valence-electron chi connectivity index (χ1n) is 14.6. The molecule has 0 saturated heterocycles. The van der Waals surface area contributed by atoms with Crippen LogP contribution in [-0.2, 0) is 11.2 Å². The molecule has 0 spiro atoms. The van der Waals surface area contributed by atoms with Crippen LogP contribution in [0.4, 0.5) is 0 Å². The summed E-state index contributed by atoms with van der Waals surface area (Å²) >= 11 is 0. The molecular weight excluding hydrogens is 434 g/mol. The minimum atomic E-state index is -0.457. The Morgan fingerprint density at radius 3 is 1.89 bits per heavy atom. The van der Waals surface area contributed by atoms with Gasteiger partial charge in [-0.1, -0.05) is 109 Å². The van der Waals surface area contributed by atoms with Crippen LogP contribution >= 0.6 is 0 Å². The zero-order valence-corrected chi connectivity index (χ0v) is 22.6. The fraction of sp³-hybridized carbons (Fsp3) is 0.742. The number of hydrogen-bond acceptors (Lipinski definition) is 3. The average molecular weight is 486 g/mol. The Labute approximate surface area is 214 Å². The van der Waals surface area contributed by atoms with Gasteiger partial charge < -0.3 is 10.4 Å². The van der Waals surface area contributed by atoms with Crippen molar-refractivity contribution >= 4 is 11.7 Å². The summed E-state index contributed by atoms with van der Waals surface area (Å²) in [5, 5.41) is 13.6. The van der Waals surface area contributed by atoms with Crippen LogP contribution in [0.5, 0.6) is 5.75 Å². The van der Waals surface area contributed by atoms with Gasteiger partial charge in [0.2, 0.25) is 5.91 Å². The number of unbranched alkanes of at least 4 members (excludes halogenated alkanes) is 12. The Morgan fingerprint density at radius 1 is 0.829 bits per heavy atom. The fourth-order valence-corrected chi connectivity index (χ4v) is 5.67. The van der Waals surface area contributed by atoms with Gasteiger partial charge in [-0.2, -0.15) is 0 Å². The summed E-state index contributed by atoms with van der Waals surface area (Å²) in [5.41, 5.74) is 1.02. The standard InChI is InChI=1S/C31H51NO3/c1-3-4-5-6-7-8-9-10-11-12-13-14-16-19-27-20-21-28(29(34)24-27)30(35)25-31(32-26(2)33)22-17-15-18-23-31/h20-21,24,34H,3-19,22-23,25H2,1-2H3,(H,32,33). The normalized spacial score (nSPS) is 15.1. The van der Waals surface area contributed by atoms with E-state index >= 15 is 0 Å². The summed E-state index contributed by atoms with van der Waals surface area (Å²) in [6, 6.07) is 5.53. The largest absolute Gasteiger partial charge is 0.507 e. The maximum absolute atomic E-state index is 13.0. The Kier molecular flexibility index (Phi) is 14.1. The van der Waals surface area contributed by atoms with E-state index in [4.69, 9.17) is 0 Å². The second-order valence-corrected chi connectivity index (χ2v) is 11.0. The van der Waals surface area contributed by atoms with E-state index in [0.717, 1.165) is 50.5 Å². The van der Waals surface area contributed by atoms with Crippen molar-refractivity contribution in [3.8, 4) is 5.75 Å². The third-order valence-electron chi connectivity index (χ3n) is 7.68. The predicted octanol–water partition coefficient (Wildman–Crippen LogP) is 8.44. The van der Waals surface area contributed by atoms with Crippen LogP contribution in [-0.4, -0.2) is 22.3 Å². The number of nitrogens with one attached hydrogen (secondary N) is 1. The van der Waals surface area contributed by atoms with Gasteiger partial charge in [-0.25, -0.2) is 0 Å². The number of phenols is 1. The van der Waals surface area contributed by atoms with Crippen molar-refractivity contribution in [1.29, 1.82) is 0 Å². The lowest BCUT2D eigenvalue weighted by Crippen LogP contribution is -2.50. The number of Topliss-reactive ketones (excluding diaryl/α,β-unsaturated/α-hetero) is 1. The lowest BCUT2D eigenvalue weighted by Gasteiger charge is -2.37. The van der Waals surface area contributed by atoms with E-state index in [1.807, 2.05) is 6.07 Å². The van der Waals surface area contributed by atoms with Gasteiger partial charge in [0.05, 0.1) is 5.56 Å². The van der Waals surface area contributed by atoms with Crippen molar-refractivity contribution in [3.05, 3.63) is 29.3 Å². The van der Waals surface area contributed by atoms with E-state index < -0.39 is 5.54 Å². The number of phenolic OH excluding ortho intramolecular Hbond substituents is 1. The minimum Gasteiger partial charge on any atom is -0.507 e. The molecule has 1 aromatic carbocycles. The van der Waals surface area contributed by atoms with Crippen molar-refractivity contribution in [2.75, 3.05) is 0 Å². The van der Waals surface area contributed by atoms with Crippen LogP contribution in [0.25, 0.3) is 0 Å². The van der Waals surface area contributed by atoms with Crippen LogP contribution < -0.4 is 5.32 Å². The molecule has 1 aliphatic carbocycles. The molecule has 4 nitrogen and oxygen atoms in total. The summed E-state index contributed by atoms with van der Waals surface area (Å²) in [6.07, 6.45) is 23.5. The second-order valence-electron chi connectivity index (χ2n) is 11.0.